The second kappa shape index (κ2) is 39.4. The Labute approximate surface area is 451 Å². The van der Waals surface area contributed by atoms with Gasteiger partial charge >= 0.3 is 27.1 Å². The molecule has 77 heavy (non-hydrogen) atoms. The normalized spacial score (nSPS) is 16.9. The van der Waals surface area contributed by atoms with Gasteiger partial charge in [-0.25, -0.2) is 18.7 Å². The number of amides is 6. The molecule has 0 bridgehead atoms. The van der Waals surface area contributed by atoms with E-state index in [1.54, 1.807) is 6.92 Å². The molecular weight excluding hydrogens is 1050 g/mol. The fourth-order valence-electron chi connectivity index (χ4n) is 7.72. The summed E-state index contributed by atoms with van der Waals surface area (Å²) in [5.74, 6) is -0.839. The van der Waals surface area contributed by atoms with Crippen molar-refractivity contribution in [1.29, 1.82) is 0 Å². The van der Waals surface area contributed by atoms with Gasteiger partial charge in [-0.1, -0.05) is 39.0 Å². The van der Waals surface area contributed by atoms with Gasteiger partial charge in [0.15, 0.2) is 0 Å². The highest BCUT2D eigenvalue weighted by Crippen LogP contribution is 2.41. The predicted octanol–water partition coefficient (Wildman–Crippen LogP) is 2.10. The number of aliphatic hydroxyl groups excluding tert-OH is 1. The zero-order chi connectivity index (χ0) is 57.1. The van der Waals surface area contributed by atoms with E-state index in [-0.39, 0.29) is 68.3 Å². The number of carbonyl (C=O) groups is 5. The lowest BCUT2D eigenvalue weighted by molar-refractivity contribution is -0.210. The van der Waals surface area contributed by atoms with Gasteiger partial charge in [-0.05, 0) is 77.7 Å². The van der Waals surface area contributed by atoms with Gasteiger partial charge in [0, 0.05) is 63.5 Å². The number of nitrogens with one attached hydrogen (secondary N) is 6. The third kappa shape index (κ3) is 33.9. The summed E-state index contributed by atoms with van der Waals surface area (Å²) in [7, 11) is -9.16. The highest BCUT2D eigenvalue weighted by atomic mass is 31.2. The maximum absolute atomic E-state index is 13.4. The Morgan fingerprint density at radius 1 is 0.753 bits per heavy atom. The molecule has 1 fully saturated rings. The van der Waals surface area contributed by atoms with Crippen molar-refractivity contribution in [2.75, 3.05) is 85.8 Å². The third-order valence-electron chi connectivity index (χ3n) is 12.0. The van der Waals surface area contributed by atoms with Gasteiger partial charge in [-0.15, -0.1) is 0 Å². The summed E-state index contributed by atoms with van der Waals surface area (Å²) in [6.07, 6.45) is 6.19. The van der Waals surface area contributed by atoms with E-state index in [4.69, 9.17) is 28.2 Å². The number of hydrogen-bond acceptors (Lipinski definition) is 17. The molecule has 2 rings (SSSR count). The summed E-state index contributed by atoms with van der Waals surface area (Å²) in [6.45, 7) is 10.6. The average Bonchev–Trinajstić information content (AvgIpc) is 3.68. The third-order valence-corrected chi connectivity index (χ3v) is 13.2. The molecule has 7 atom stereocenters. The van der Waals surface area contributed by atoms with Crippen LogP contribution in [-0.2, 0) is 67.5 Å². The lowest BCUT2D eigenvalue weighted by Gasteiger charge is -2.27. The number of unbranched alkanes of at least 4 members (excludes halogenated alkanes) is 6. The maximum atomic E-state index is 13.4. The molecule has 6 amide bonds. The molecule has 1 aromatic rings. The number of ether oxygens (including phenoxy) is 5. The van der Waals surface area contributed by atoms with E-state index in [1.165, 1.54) is 6.20 Å². The van der Waals surface area contributed by atoms with Gasteiger partial charge in [0.25, 0.3) is 0 Å². The summed E-state index contributed by atoms with van der Waals surface area (Å²) in [5.41, 5.74) is -0.129. The first-order chi connectivity index (χ1) is 36.6. The van der Waals surface area contributed by atoms with Crippen molar-refractivity contribution in [2.24, 2.45) is 0 Å². The number of phosphoric acid groups is 1. The van der Waals surface area contributed by atoms with Crippen molar-refractivity contribution in [1.82, 2.24) is 41.5 Å². The molecule has 1 unspecified atom stereocenters. The highest BCUT2D eigenvalue weighted by molar-refractivity contribution is 7.51. The second-order valence-electron chi connectivity index (χ2n) is 18.8. The first kappa shape index (κ1) is 69.2. The van der Waals surface area contributed by atoms with Gasteiger partial charge in [0.05, 0.1) is 71.6 Å². The Hall–Kier alpha value is -3.95. The van der Waals surface area contributed by atoms with Gasteiger partial charge < -0.3 is 79.9 Å². The molecule has 444 valence electrons. The minimum absolute atomic E-state index is 0.00914. The molecule has 1 aliphatic rings. The van der Waals surface area contributed by atoms with Crippen LogP contribution in [0.15, 0.2) is 11.0 Å². The summed E-state index contributed by atoms with van der Waals surface area (Å²) in [6, 6.07) is -0.684. The van der Waals surface area contributed by atoms with Gasteiger partial charge in [0.2, 0.25) is 30.0 Å². The smallest absolute Gasteiger partial charge is 0.379 e. The van der Waals surface area contributed by atoms with Gasteiger partial charge in [0.1, 0.15) is 12.1 Å². The first-order valence-corrected chi connectivity index (χ1v) is 30.2. The molecule has 0 spiro atoms. The molecule has 1 aliphatic heterocycles. The van der Waals surface area contributed by atoms with E-state index in [9.17, 15) is 57.7 Å². The Morgan fingerprint density at radius 2 is 1.35 bits per heavy atom. The van der Waals surface area contributed by atoms with Crippen LogP contribution in [0.2, 0.25) is 0 Å². The fourth-order valence-corrected chi connectivity index (χ4v) is 8.71. The van der Waals surface area contributed by atoms with Crippen molar-refractivity contribution in [2.45, 2.75) is 167 Å². The first-order valence-electron chi connectivity index (χ1n) is 26.7. The number of urea groups is 1. The summed E-state index contributed by atoms with van der Waals surface area (Å²) >= 11 is 0. The topological polar surface area (TPSA) is 372 Å². The highest BCUT2D eigenvalue weighted by Gasteiger charge is 2.32. The summed E-state index contributed by atoms with van der Waals surface area (Å²) in [4.78, 5) is 107. The maximum Gasteiger partial charge on any atom is 0.469 e. The average molecular weight is 1140 g/mol. The molecule has 2 heterocycles. The Bertz CT molecular complexity index is 2050. The zero-order valence-electron chi connectivity index (χ0n) is 45.5. The van der Waals surface area contributed by atoms with E-state index >= 15 is 0 Å². The van der Waals surface area contributed by atoms with E-state index in [0.29, 0.717) is 114 Å². The molecule has 29 heteroatoms. The number of aliphatic hydroxyl groups is 1. The lowest BCUT2D eigenvalue weighted by atomic mass is 10.0. The molecule has 27 nitrogen and oxygen atoms in total. The van der Waals surface area contributed by atoms with Crippen LogP contribution in [0.25, 0.3) is 0 Å². The number of rotatable bonds is 46. The van der Waals surface area contributed by atoms with E-state index in [0.717, 1.165) is 58.5 Å². The van der Waals surface area contributed by atoms with Gasteiger partial charge in [-0.2, -0.15) is 4.98 Å². The van der Waals surface area contributed by atoms with Crippen molar-refractivity contribution < 1.29 is 85.6 Å². The second-order valence-corrected chi connectivity index (χ2v) is 21.8. The number of nitrogens with zero attached hydrogens (tertiary/aromatic N) is 2. The van der Waals surface area contributed by atoms with Crippen molar-refractivity contribution in [3.8, 4) is 0 Å². The Kier molecular flexibility index (Phi) is 35.4. The molecular formula is C48H88N8O19P2. The Balaban J connectivity index is 1.63. The van der Waals surface area contributed by atoms with Crippen LogP contribution in [-0.4, -0.2) is 175 Å². The number of aryl methyl sites for hydroxylation is 2. The van der Waals surface area contributed by atoms with E-state index in [2.05, 4.69) is 48.3 Å². The molecule has 10 N–H and O–H groups in total. The standard InChI is InChI=1S/C48H88N8O19P2/c1-6-7-8-11-20-44(59)54-40(45(60)51-23-15-16-38-33-56(47(62)53-35(38)2)48(63)74-41(34-73-76(5,64)65)37(4)75-77(66,67)68)18-13-14-22-49-43(58)21-25-69-27-29-71-31-32-72-30-28-70-26-24-50-42(57)19-12-9-10-17-39-36(3)52-46(61)55-39/h33,36-37,39-41,48,63H,6-32,34H2,1-5H3,(H,49,58)(H,50,57)(H,51,60)(H,54,59)(H,64,65)(H2,52,55,61)(H2,66,67,68)/t36-,37+,39+,40-,41+,48-/m0/s1. The van der Waals surface area contributed by atoms with Crippen molar-refractivity contribution in [3.63, 3.8) is 0 Å². The summed E-state index contributed by atoms with van der Waals surface area (Å²) < 4.78 is 60.7. The largest absolute Gasteiger partial charge is 0.469 e. The van der Waals surface area contributed by atoms with Crippen LogP contribution in [0.4, 0.5) is 4.79 Å². The number of phosphoric ester groups is 1. The van der Waals surface area contributed by atoms with Crippen LogP contribution in [0.1, 0.15) is 135 Å². The minimum atomic E-state index is -5.06. The van der Waals surface area contributed by atoms with Crippen molar-refractivity contribution in [3.05, 3.63) is 27.9 Å². The quantitative estimate of drug-likeness (QED) is 0.0254. The van der Waals surface area contributed by atoms with E-state index < -0.39 is 58.3 Å². The van der Waals surface area contributed by atoms with Crippen LogP contribution in [0.3, 0.4) is 0 Å². The number of hydrogen-bond donors (Lipinski definition) is 10. The summed E-state index contributed by atoms with van der Waals surface area (Å²) in [5, 5.41) is 28.0. The Morgan fingerprint density at radius 3 is 1.97 bits per heavy atom. The van der Waals surface area contributed by atoms with Crippen molar-refractivity contribution >= 4 is 45.1 Å². The zero-order valence-corrected chi connectivity index (χ0v) is 47.3. The van der Waals surface area contributed by atoms with Crippen LogP contribution in [0.5, 0.6) is 0 Å². The van der Waals surface area contributed by atoms with Crippen LogP contribution < -0.4 is 37.6 Å². The van der Waals surface area contributed by atoms with Crippen LogP contribution >= 0.6 is 15.4 Å². The predicted molar refractivity (Wildman–Crippen MR) is 281 cm³/mol. The van der Waals surface area contributed by atoms with Gasteiger partial charge in [-0.3, -0.25) is 28.3 Å². The molecule has 0 saturated carbocycles. The monoisotopic (exact) mass is 1140 g/mol. The lowest BCUT2D eigenvalue weighted by Crippen LogP contribution is -2.47. The fraction of sp³-hybridized carbons (Fsp3) is 0.812. The van der Waals surface area contributed by atoms with Crippen LogP contribution in [0, 0.1) is 6.92 Å². The minimum Gasteiger partial charge on any atom is -0.379 e. The molecule has 0 aromatic carbocycles. The number of carbonyl (C=O) groups excluding carboxylic acids is 5. The molecule has 0 radical (unpaired) electrons. The molecule has 1 saturated heterocycles. The number of aromatic nitrogens is 2. The van der Waals surface area contributed by atoms with E-state index in [1.807, 2.05) is 6.92 Å². The molecule has 0 aliphatic carbocycles. The molecule has 1 aromatic heterocycles. The SMILES string of the molecule is CCCCCCC(=O)N[C@@H](CCCCNC(=O)CCOCCOCCOCCOCCNC(=O)CCCCC[C@H]1NC(=O)N[C@H]1C)C(=O)NCCCc1cn([C@@H](O)O[C@H](COP(C)(=O)O)[C@@H](C)OP(=O)(O)O)c(=O)nc1C.